The van der Waals surface area contributed by atoms with Gasteiger partial charge in [-0.2, -0.15) is 0 Å². The largest absolute Gasteiger partial charge is 0.392 e. The van der Waals surface area contributed by atoms with Gasteiger partial charge in [0.25, 0.3) is 0 Å². The highest BCUT2D eigenvalue weighted by Crippen LogP contribution is 2.14. The van der Waals surface area contributed by atoms with Crippen LogP contribution in [0.25, 0.3) is 0 Å². The number of aliphatic hydroxyl groups is 1. The van der Waals surface area contributed by atoms with Gasteiger partial charge in [-0.3, -0.25) is 4.90 Å². The molecule has 0 radical (unpaired) electrons. The monoisotopic (exact) mass is 412 g/mol. The Balaban J connectivity index is 1.54. The molecule has 3 rings (SSSR count). The van der Waals surface area contributed by atoms with Gasteiger partial charge < -0.3 is 15.7 Å². The number of aliphatic hydroxyl groups excluding tert-OH is 1. The van der Waals surface area contributed by atoms with E-state index in [9.17, 15) is 9.50 Å². The van der Waals surface area contributed by atoms with Crippen LogP contribution in [0.1, 0.15) is 48.4 Å². The summed E-state index contributed by atoms with van der Waals surface area (Å²) in [5.74, 6) is 0.323. The lowest BCUT2D eigenvalue weighted by atomic mass is 10.1. The molecular weight excluding hydrogens is 379 g/mol. The Kier molecular flexibility index (Phi) is 8.66. The van der Waals surface area contributed by atoms with Crippen molar-refractivity contribution in [1.82, 2.24) is 15.5 Å². The maximum absolute atomic E-state index is 13.5. The molecule has 0 atom stereocenters. The third-order valence-corrected chi connectivity index (χ3v) is 5.38. The van der Waals surface area contributed by atoms with E-state index in [1.165, 1.54) is 49.5 Å². The number of hydrogen-bond acceptors (Lipinski definition) is 3. The zero-order valence-corrected chi connectivity index (χ0v) is 17.8. The fourth-order valence-electron chi connectivity index (χ4n) is 3.68. The van der Waals surface area contributed by atoms with E-state index in [4.69, 9.17) is 0 Å². The molecule has 2 aromatic rings. The SMILES string of the molecule is CCNC(=NCc1ccc(F)c(CO)c1)NCc1ccc(CN2CCCCC2)cc1. The van der Waals surface area contributed by atoms with Crippen molar-refractivity contribution in [3.63, 3.8) is 0 Å². The summed E-state index contributed by atoms with van der Waals surface area (Å²) in [5, 5.41) is 15.8. The third kappa shape index (κ3) is 6.82. The number of halogens is 1. The summed E-state index contributed by atoms with van der Waals surface area (Å²) < 4.78 is 13.5. The minimum absolute atomic E-state index is 0.297. The summed E-state index contributed by atoms with van der Waals surface area (Å²) in [4.78, 5) is 7.11. The molecule has 5 nitrogen and oxygen atoms in total. The number of benzene rings is 2. The molecule has 0 unspecified atom stereocenters. The van der Waals surface area contributed by atoms with Gasteiger partial charge in [0.1, 0.15) is 5.82 Å². The highest BCUT2D eigenvalue weighted by molar-refractivity contribution is 5.79. The molecule has 0 spiro atoms. The Hall–Kier alpha value is -2.44. The van der Waals surface area contributed by atoms with E-state index < -0.39 is 0 Å². The lowest BCUT2D eigenvalue weighted by Crippen LogP contribution is -2.36. The van der Waals surface area contributed by atoms with E-state index in [-0.39, 0.29) is 12.4 Å². The fourth-order valence-corrected chi connectivity index (χ4v) is 3.68. The molecule has 1 heterocycles. The van der Waals surface area contributed by atoms with Crippen molar-refractivity contribution in [1.29, 1.82) is 0 Å². The normalized spacial score (nSPS) is 15.2. The molecule has 2 aromatic carbocycles. The molecule has 30 heavy (non-hydrogen) atoms. The number of nitrogens with one attached hydrogen (secondary N) is 2. The Bertz CT molecular complexity index is 816. The molecule has 1 saturated heterocycles. The molecule has 1 aliphatic rings. The first-order valence-electron chi connectivity index (χ1n) is 10.9. The van der Waals surface area contributed by atoms with Gasteiger partial charge in [-0.1, -0.05) is 36.8 Å². The van der Waals surface area contributed by atoms with E-state index in [2.05, 4.69) is 44.8 Å². The number of likely N-dealkylation sites (tertiary alicyclic amines) is 1. The molecule has 3 N–H and O–H groups in total. The second-order valence-corrected chi connectivity index (χ2v) is 7.79. The summed E-state index contributed by atoms with van der Waals surface area (Å²) in [6.07, 6.45) is 3.99. The number of hydrogen-bond donors (Lipinski definition) is 3. The van der Waals surface area contributed by atoms with Crippen LogP contribution in [0.15, 0.2) is 47.5 Å². The lowest BCUT2D eigenvalue weighted by Gasteiger charge is -2.26. The minimum Gasteiger partial charge on any atom is -0.392 e. The Morgan fingerprint density at radius 1 is 1.00 bits per heavy atom. The van der Waals surface area contributed by atoms with E-state index in [1.807, 2.05) is 6.92 Å². The van der Waals surface area contributed by atoms with Crippen molar-refractivity contribution < 1.29 is 9.50 Å². The fraction of sp³-hybridized carbons (Fsp3) is 0.458. The molecule has 0 saturated carbocycles. The Labute approximate surface area is 179 Å². The van der Waals surface area contributed by atoms with Crippen LogP contribution in [0.5, 0.6) is 0 Å². The van der Waals surface area contributed by atoms with Crippen molar-refractivity contribution in [2.24, 2.45) is 4.99 Å². The standard InChI is InChI=1S/C24H33FN4O/c1-2-26-24(28-16-21-10-11-23(25)22(14-21)18-30)27-15-19-6-8-20(9-7-19)17-29-12-4-3-5-13-29/h6-11,14,30H,2-5,12-13,15-18H2,1H3,(H2,26,27,28). The Morgan fingerprint density at radius 3 is 2.40 bits per heavy atom. The Morgan fingerprint density at radius 2 is 1.70 bits per heavy atom. The summed E-state index contributed by atoms with van der Waals surface area (Å²) in [7, 11) is 0. The van der Waals surface area contributed by atoms with Crippen LogP contribution >= 0.6 is 0 Å². The van der Waals surface area contributed by atoms with Crippen LogP contribution in [-0.2, 0) is 26.2 Å². The van der Waals surface area contributed by atoms with E-state index in [0.29, 0.717) is 24.6 Å². The zero-order chi connectivity index (χ0) is 21.2. The summed E-state index contributed by atoms with van der Waals surface area (Å²) >= 11 is 0. The lowest BCUT2D eigenvalue weighted by molar-refractivity contribution is 0.221. The van der Waals surface area contributed by atoms with E-state index in [1.54, 1.807) is 12.1 Å². The molecule has 0 bridgehead atoms. The number of piperidine rings is 1. The van der Waals surface area contributed by atoms with E-state index in [0.717, 1.165) is 18.7 Å². The average Bonchev–Trinajstić information content (AvgIpc) is 2.78. The van der Waals surface area contributed by atoms with Crippen LogP contribution in [0, 0.1) is 5.82 Å². The maximum Gasteiger partial charge on any atom is 0.191 e. The van der Waals surface area contributed by atoms with Gasteiger partial charge in [0.05, 0.1) is 13.2 Å². The summed E-state index contributed by atoms with van der Waals surface area (Å²) in [6.45, 7) is 7.01. The molecule has 1 aliphatic heterocycles. The highest BCUT2D eigenvalue weighted by Gasteiger charge is 2.10. The number of guanidine groups is 1. The van der Waals surface area contributed by atoms with Crippen molar-refractivity contribution in [3.05, 3.63) is 70.5 Å². The molecular formula is C24H33FN4O. The second kappa shape index (κ2) is 11.7. The molecule has 0 aliphatic carbocycles. The van der Waals surface area contributed by atoms with Crippen molar-refractivity contribution in [2.75, 3.05) is 19.6 Å². The topological polar surface area (TPSA) is 59.9 Å². The molecule has 162 valence electrons. The van der Waals surface area contributed by atoms with Gasteiger partial charge in [-0.25, -0.2) is 9.38 Å². The predicted octanol–water partition coefficient (Wildman–Crippen LogP) is 3.56. The first-order valence-corrected chi connectivity index (χ1v) is 10.9. The first kappa shape index (κ1) is 22.2. The summed E-state index contributed by atoms with van der Waals surface area (Å²) in [6, 6.07) is 13.5. The van der Waals surface area contributed by atoms with Crippen LogP contribution in [0.2, 0.25) is 0 Å². The quantitative estimate of drug-likeness (QED) is 0.458. The average molecular weight is 413 g/mol. The van der Waals surface area contributed by atoms with Crippen LogP contribution in [0.4, 0.5) is 4.39 Å². The number of aliphatic imine (C=N–C) groups is 1. The highest BCUT2D eigenvalue weighted by atomic mass is 19.1. The maximum atomic E-state index is 13.5. The van der Waals surface area contributed by atoms with Gasteiger partial charge in [-0.15, -0.1) is 0 Å². The van der Waals surface area contributed by atoms with Gasteiger partial charge >= 0.3 is 0 Å². The van der Waals surface area contributed by atoms with Crippen LogP contribution in [0.3, 0.4) is 0 Å². The molecule has 1 fully saturated rings. The zero-order valence-electron chi connectivity index (χ0n) is 17.8. The first-order chi connectivity index (χ1) is 14.7. The van der Waals surface area contributed by atoms with Crippen LogP contribution in [-0.4, -0.2) is 35.6 Å². The number of rotatable bonds is 8. The van der Waals surface area contributed by atoms with Crippen molar-refractivity contribution >= 4 is 5.96 Å². The summed E-state index contributed by atoms with van der Waals surface area (Å²) in [5.41, 5.74) is 3.72. The second-order valence-electron chi connectivity index (χ2n) is 7.79. The number of nitrogens with zero attached hydrogens (tertiary/aromatic N) is 2. The minimum atomic E-state index is -0.390. The molecule has 6 heteroatoms. The van der Waals surface area contributed by atoms with Gasteiger partial charge in [0.15, 0.2) is 5.96 Å². The van der Waals surface area contributed by atoms with Crippen molar-refractivity contribution in [2.45, 2.75) is 52.4 Å². The molecule has 0 aromatic heterocycles. The van der Waals surface area contributed by atoms with E-state index >= 15 is 0 Å². The van der Waals surface area contributed by atoms with Crippen LogP contribution < -0.4 is 10.6 Å². The smallest absolute Gasteiger partial charge is 0.191 e. The van der Waals surface area contributed by atoms with Gasteiger partial charge in [-0.05, 0) is 61.7 Å². The van der Waals surface area contributed by atoms with Crippen molar-refractivity contribution in [3.8, 4) is 0 Å². The predicted molar refractivity (Wildman–Crippen MR) is 120 cm³/mol. The van der Waals surface area contributed by atoms with Gasteiger partial charge in [0.2, 0.25) is 0 Å². The third-order valence-electron chi connectivity index (χ3n) is 5.38. The molecule has 0 amide bonds. The van der Waals surface area contributed by atoms with Gasteiger partial charge in [0, 0.05) is 25.2 Å².